The average Bonchev–Trinajstić information content (AvgIpc) is 2.86. The molecule has 0 saturated heterocycles. The number of ether oxygens (including phenoxy) is 1. The van der Waals surface area contributed by atoms with Gasteiger partial charge in [0.25, 0.3) is 5.69 Å². The number of fused-ring (bicyclic) bond motifs is 1. The highest BCUT2D eigenvalue weighted by atomic mass is 79.9. The van der Waals surface area contributed by atoms with Crippen LogP contribution in [0.25, 0.3) is 10.9 Å². The van der Waals surface area contributed by atoms with Crippen molar-refractivity contribution in [3.8, 4) is 11.6 Å². The van der Waals surface area contributed by atoms with Gasteiger partial charge in [0.05, 0.1) is 22.4 Å². The van der Waals surface area contributed by atoms with Gasteiger partial charge in [0, 0.05) is 17.5 Å². The minimum absolute atomic E-state index is 0.0174. The quantitative estimate of drug-likeness (QED) is 0.389. The minimum Gasteiger partial charge on any atom is -0.437 e. The van der Waals surface area contributed by atoms with Crippen molar-refractivity contribution >= 4 is 32.5 Å². The van der Waals surface area contributed by atoms with Crippen LogP contribution in [0.15, 0.2) is 48.5 Å². The van der Waals surface area contributed by atoms with E-state index < -0.39 is 4.92 Å². The summed E-state index contributed by atoms with van der Waals surface area (Å²) in [7, 11) is 0. The van der Waals surface area contributed by atoms with E-state index in [1.807, 2.05) is 30.3 Å². The highest BCUT2D eigenvalue weighted by Gasteiger charge is 2.16. The van der Waals surface area contributed by atoms with E-state index in [9.17, 15) is 10.1 Å². The van der Waals surface area contributed by atoms with Gasteiger partial charge in [-0.1, -0.05) is 34.1 Å². The van der Waals surface area contributed by atoms with Crippen LogP contribution in [0.1, 0.15) is 0 Å². The van der Waals surface area contributed by atoms with Crippen molar-refractivity contribution in [2.45, 2.75) is 6.54 Å². The first kappa shape index (κ1) is 14.5. The number of non-ortho nitro benzene ring substituents is 1. The molecule has 0 aliphatic heterocycles. The normalized spacial score (nSPS) is 10.8. The molecule has 3 aromatic rings. The Kier molecular flexibility index (Phi) is 4.06. The average molecular weight is 362 g/mol. The predicted octanol–water partition coefficient (Wildman–Crippen LogP) is 4.13. The summed E-state index contributed by atoms with van der Waals surface area (Å²) < 4.78 is 7.55. The van der Waals surface area contributed by atoms with Crippen LogP contribution in [-0.2, 0) is 6.54 Å². The molecule has 3 rings (SSSR count). The maximum Gasteiger partial charge on any atom is 0.270 e. The van der Waals surface area contributed by atoms with Crippen molar-refractivity contribution in [1.82, 2.24) is 9.78 Å². The Morgan fingerprint density at radius 2 is 2.00 bits per heavy atom. The van der Waals surface area contributed by atoms with Crippen LogP contribution in [0.5, 0.6) is 11.6 Å². The van der Waals surface area contributed by atoms with Gasteiger partial charge in [0.1, 0.15) is 5.75 Å². The van der Waals surface area contributed by atoms with Gasteiger partial charge in [-0.25, -0.2) is 0 Å². The lowest BCUT2D eigenvalue weighted by Gasteiger charge is -2.01. The van der Waals surface area contributed by atoms with Gasteiger partial charge < -0.3 is 4.74 Å². The molecular formula is C15H12BrN3O3. The molecule has 0 radical (unpaired) electrons. The predicted molar refractivity (Wildman–Crippen MR) is 86.7 cm³/mol. The molecule has 22 heavy (non-hydrogen) atoms. The zero-order chi connectivity index (χ0) is 15.5. The molecular weight excluding hydrogens is 350 g/mol. The molecule has 2 aromatic carbocycles. The molecule has 0 unspecified atom stereocenters. The van der Waals surface area contributed by atoms with Gasteiger partial charge in [-0.05, 0) is 18.2 Å². The second-order valence-electron chi connectivity index (χ2n) is 4.59. The van der Waals surface area contributed by atoms with Crippen LogP contribution in [0.4, 0.5) is 5.69 Å². The molecule has 0 spiro atoms. The number of halogens is 1. The smallest absolute Gasteiger partial charge is 0.270 e. The van der Waals surface area contributed by atoms with Gasteiger partial charge in [0.2, 0.25) is 5.88 Å². The first-order valence-electron chi connectivity index (χ1n) is 6.63. The zero-order valence-corrected chi connectivity index (χ0v) is 13.1. The van der Waals surface area contributed by atoms with Gasteiger partial charge in [0.15, 0.2) is 0 Å². The third-order valence-electron chi connectivity index (χ3n) is 3.17. The van der Waals surface area contributed by atoms with Gasteiger partial charge >= 0.3 is 0 Å². The number of aromatic nitrogens is 2. The Morgan fingerprint density at radius 3 is 2.68 bits per heavy atom. The number of nitro groups is 1. The fraction of sp³-hybridized carbons (Fsp3) is 0.133. The second-order valence-corrected chi connectivity index (χ2v) is 5.38. The molecule has 7 heteroatoms. The van der Waals surface area contributed by atoms with E-state index in [2.05, 4.69) is 21.0 Å². The number of para-hydroxylation sites is 1. The standard InChI is InChI=1S/C15H12BrN3O3/c16-8-9-18-14-7-6-11(19(20)21)10-13(14)15(17-18)22-12-4-2-1-3-5-12/h1-7,10H,8-9H2. The van der Waals surface area contributed by atoms with Crippen molar-refractivity contribution in [3.05, 3.63) is 58.6 Å². The summed E-state index contributed by atoms with van der Waals surface area (Å²) in [6.07, 6.45) is 0. The molecule has 0 N–H and O–H groups in total. The van der Waals surface area contributed by atoms with Crippen molar-refractivity contribution < 1.29 is 9.66 Å². The first-order valence-corrected chi connectivity index (χ1v) is 7.75. The molecule has 0 atom stereocenters. The van der Waals surface area contributed by atoms with Crippen LogP contribution in [-0.4, -0.2) is 20.0 Å². The molecule has 112 valence electrons. The van der Waals surface area contributed by atoms with Crippen LogP contribution in [0, 0.1) is 10.1 Å². The SMILES string of the molecule is O=[N+]([O-])c1ccc2c(c1)c(Oc1ccccc1)nn2CCBr. The third kappa shape index (κ3) is 2.80. The van der Waals surface area contributed by atoms with Gasteiger partial charge in [-0.3, -0.25) is 14.8 Å². The number of nitrogens with zero attached hydrogens (tertiary/aromatic N) is 3. The van der Waals surface area contributed by atoms with Crippen LogP contribution < -0.4 is 4.74 Å². The van der Waals surface area contributed by atoms with E-state index in [0.717, 1.165) is 10.8 Å². The minimum atomic E-state index is -0.423. The van der Waals surface area contributed by atoms with E-state index in [1.54, 1.807) is 10.7 Å². The second kappa shape index (κ2) is 6.15. The monoisotopic (exact) mass is 361 g/mol. The Hall–Kier alpha value is -2.41. The number of benzene rings is 2. The van der Waals surface area contributed by atoms with E-state index in [-0.39, 0.29) is 5.69 Å². The number of nitro benzene ring substituents is 1. The Balaban J connectivity index is 2.10. The van der Waals surface area contributed by atoms with E-state index in [1.165, 1.54) is 12.1 Å². The lowest BCUT2D eigenvalue weighted by molar-refractivity contribution is -0.384. The molecule has 1 aromatic heterocycles. The van der Waals surface area contributed by atoms with Gasteiger partial charge in [-0.15, -0.1) is 5.10 Å². The maximum atomic E-state index is 11.0. The summed E-state index contributed by atoms with van der Waals surface area (Å²) in [5, 5.41) is 16.7. The molecule has 1 heterocycles. The Bertz CT molecular complexity index is 818. The molecule has 0 bridgehead atoms. The van der Waals surface area contributed by atoms with Crippen LogP contribution in [0.3, 0.4) is 0 Å². The van der Waals surface area contributed by atoms with Crippen LogP contribution in [0.2, 0.25) is 0 Å². The fourth-order valence-electron chi connectivity index (χ4n) is 2.18. The van der Waals surface area contributed by atoms with E-state index in [0.29, 0.717) is 23.6 Å². The lowest BCUT2D eigenvalue weighted by atomic mass is 10.2. The summed E-state index contributed by atoms with van der Waals surface area (Å²) in [4.78, 5) is 10.6. The number of hydrogen-bond acceptors (Lipinski definition) is 4. The number of rotatable bonds is 5. The highest BCUT2D eigenvalue weighted by Crippen LogP contribution is 2.31. The van der Waals surface area contributed by atoms with E-state index in [4.69, 9.17) is 4.74 Å². The molecule has 0 fully saturated rings. The molecule has 6 nitrogen and oxygen atoms in total. The van der Waals surface area contributed by atoms with Crippen molar-refractivity contribution in [2.75, 3.05) is 5.33 Å². The summed E-state index contributed by atoms with van der Waals surface area (Å²) >= 11 is 3.38. The lowest BCUT2D eigenvalue weighted by Crippen LogP contribution is -2.00. The first-order chi connectivity index (χ1) is 10.7. The number of hydrogen-bond donors (Lipinski definition) is 0. The maximum absolute atomic E-state index is 11.0. The Labute approximate surface area is 134 Å². The molecule has 0 saturated carbocycles. The van der Waals surface area contributed by atoms with Crippen LogP contribution >= 0.6 is 15.9 Å². The summed E-state index contributed by atoms with van der Waals surface area (Å²) in [6.45, 7) is 0.645. The zero-order valence-electron chi connectivity index (χ0n) is 11.5. The van der Waals surface area contributed by atoms with Crippen molar-refractivity contribution in [1.29, 1.82) is 0 Å². The van der Waals surface area contributed by atoms with Crippen molar-refractivity contribution in [3.63, 3.8) is 0 Å². The third-order valence-corrected chi connectivity index (χ3v) is 3.52. The van der Waals surface area contributed by atoms with Crippen molar-refractivity contribution in [2.24, 2.45) is 0 Å². The summed E-state index contributed by atoms with van der Waals surface area (Å²) in [6, 6.07) is 13.9. The molecule has 0 aliphatic carbocycles. The summed E-state index contributed by atoms with van der Waals surface area (Å²) in [5.41, 5.74) is 0.819. The van der Waals surface area contributed by atoms with E-state index >= 15 is 0 Å². The number of alkyl halides is 1. The van der Waals surface area contributed by atoms with Gasteiger partial charge in [-0.2, -0.15) is 0 Å². The molecule has 0 aliphatic rings. The largest absolute Gasteiger partial charge is 0.437 e. The topological polar surface area (TPSA) is 70.2 Å². The Morgan fingerprint density at radius 1 is 1.23 bits per heavy atom. The highest BCUT2D eigenvalue weighted by molar-refractivity contribution is 9.09. The number of aryl methyl sites for hydroxylation is 1. The molecule has 0 amide bonds. The fourth-order valence-corrected chi connectivity index (χ4v) is 2.51. The summed E-state index contributed by atoms with van der Waals surface area (Å²) in [5.74, 6) is 1.00.